The number of aromatic nitrogens is 4. The monoisotopic (exact) mass is 433 g/mol. The van der Waals surface area contributed by atoms with E-state index in [-0.39, 0.29) is 12.1 Å². The van der Waals surface area contributed by atoms with Crippen molar-refractivity contribution in [3.63, 3.8) is 0 Å². The summed E-state index contributed by atoms with van der Waals surface area (Å²) < 4.78 is 6.19. The van der Waals surface area contributed by atoms with Crippen molar-refractivity contribution in [1.29, 1.82) is 0 Å². The molecule has 0 spiro atoms. The first-order valence-electron chi connectivity index (χ1n) is 12.0. The van der Waals surface area contributed by atoms with Crippen LogP contribution < -0.4 is 20.3 Å². The number of benzene rings is 1. The van der Waals surface area contributed by atoms with Gasteiger partial charge >= 0.3 is 0 Å². The van der Waals surface area contributed by atoms with Gasteiger partial charge in [-0.3, -0.25) is 5.10 Å². The van der Waals surface area contributed by atoms with Crippen LogP contribution in [0.5, 0.6) is 5.88 Å². The van der Waals surface area contributed by atoms with E-state index in [9.17, 15) is 0 Å². The molecule has 3 aliphatic rings. The first-order valence-corrected chi connectivity index (χ1v) is 12.0. The molecular weight excluding hydrogens is 402 g/mol. The van der Waals surface area contributed by atoms with E-state index in [1.165, 1.54) is 30.4 Å². The molecule has 0 radical (unpaired) electrons. The number of hydrogen-bond acceptors (Lipinski definition) is 7. The quantitative estimate of drug-likeness (QED) is 0.608. The second-order valence-electron chi connectivity index (χ2n) is 9.30. The van der Waals surface area contributed by atoms with Crippen LogP contribution in [0.2, 0.25) is 0 Å². The lowest BCUT2D eigenvalue weighted by molar-refractivity contribution is 0.237. The highest BCUT2D eigenvalue weighted by Crippen LogP contribution is 2.37. The molecule has 6 rings (SSSR count). The fourth-order valence-electron chi connectivity index (χ4n) is 5.48. The molecule has 2 aromatic heterocycles. The lowest BCUT2D eigenvalue weighted by Gasteiger charge is -2.39. The molecule has 3 N–H and O–H groups in total. The summed E-state index contributed by atoms with van der Waals surface area (Å²) in [5, 5.41) is 7.71. The molecule has 3 aromatic rings. The summed E-state index contributed by atoms with van der Waals surface area (Å²) in [5.41, 5.74) is 10.9. The van der Waals surface area contributed by atoms with Gasteiger partial charge in [0, 0.05) is 25.7 Å². The van der Waals surface area contributed by atoms with Crippen molar-refractivity contribution < 1.29 is 4.74 Å². The Morgan fingerprint density at radius 2 is 1.81 bits per heavy atom. The van der Waals surface area contributed by atoms with Gasteiger partial charge in [0.1, 0.15) is 6.61 Å². The maximum absolute atomic E-state index is 6.70. The molecule has 0 saturated carbocycles. The number of nitrogens with one attached hydrogen (secondary N) is 1. The van der Waals surface area contributed by atoms with Gasteiger partial charge in [-0.25, -0.2) is 9.97 Å². The predicted octanol–water partition coefficient (Wildman–Crippen LogP) is 3.34. The molecule has 0 bridgehead atoms. The Labute approximate surface area is 188 Å². The summed E-state index contributed by atoms with van der Waals surface area (Å²) in [5.74, 6) is 2.35. The number of fused-ring (bicyclic) bond motifs is 5. The number of nitrogens with two attached hydrogens (primary N) is 1. The van der Waals surface area contributed by atoms with Crippen LogP contribution in [0.25, 0.3) is 11.2 Å². The van der Waals surface area contributed by atoms with E-state index in [1.54, 1.807) is 0 Å². The van der Waals surface area contributed by atoms with Gasteiger partial charge in [0.25, 0.3) is 5.88 Å². The van der Waals surface area contributed by atoms with Crippen molar-refractivity contribution >= 4 is 22.8 Å². The van der Waals surface area contributed by atoms with Gasteiger partial charge in [-0.1, -0.05) is 24.3 Å². The number of H-pyrrole nitrogens is 1. The fourth-order valence-corrected chi connectivity index (χ4v) is 5.48. The average Bonchev–Trinajstić information content (AvgIpc) is 3.25. The van der Waals surface area contributed by atoms with E-state index in [2.05, 4.69) is 44.3 Å². The Morgan fingerprint density at radius 1 is 0.969 bits per heavy atom. The standard InChI is InChI=1S/C24H31N7O/c25-19-14-17-15-32-24-23(31(17)13-7-4-9-16-8-2-3-10-18(16)19)27-21-20(26-24)22(29-28-21)30-11-5-1-6-12-30/h2-3,8,10,17,19H,1,4-7,9,11-15,25H2,(H,27,28,29)/t17-,19+/m1/s1. The van der Waals surface area contributed by atoms with E-state index < -0.39 is 0 Å². The third-order valence-corrected chi connectivity index (χ3v) is 7.18. The molecule has 8 heteroatoms. The van der Waals surface area contributed by atoms with Gasteiger partial charge in [0.15, 0.2) is 22.8 Å². The molecular formula is C24H31N7O. The van der Waals surface area contributed by atoms with Gasteiger partial charge in [-0.2, -0.15) is 5.10 Å². The number of anilines is 2. The van der Waals surface area contributed by atoms with Crippen LogP contribution in [-0.4, -0.2) is 52.4 Å². The summed E-state index contributed by atoms with van der Waals surface area (Å²) in [4.78, 5) is 14.6. The zero-order valence-electron chi connectivity index (χ0n) is 18.5. The minimum Gasteiger partial charge on any atom is -0.473 e. The third-order valence-electron chi connectivity index (χ3n) is 7.18. The Bertz CT molecular complexity index is 1110. The number of aryl methyl sites for hydroxylation is 1. The molecule has 168 valence electrons. The normalized spacial score (nSPS) is 23.8. The summed E-state index contributed by atoms with van der Waals surface area (Å²) in [7, 11) is 0. The second-order valence-corrected chi connectivity index (χ2v) is 9.30. The minimum atomic E-state index is -0.0171. The van der Waals surface area contributed by atoms with Crippen LogP contribution in [0.15, 0.2) is 24.3 Å². The van der Waals surface area contributed by atoms with E-state index in [1.807, 2.05) is 0 Å². The highest BCUT2D eigenvalue weighted by molar-refractivity contribution is 5.85. The lowest BCUT2D eigenvalue weighted by atomic mass is 9.91. The molecule has 0 amide bonds. The van der Waals surface area contributed by atoms with Gasteiger partial charge in [-0.15, -0.1) is 0 Å². The second kappa shape index (κ2) is 8.24. The van der Waals surface area contributed by atoms with Gasteiger partial charge in [0.2, 0.25) is 0 Å². The Balaban J connectivity index is 1.33. The smallest absolute Gasteiger partial charge is 0.258 e. The highest BCUT2D eigenvalue weighted by atomic mass is 16.5. The summed E-state index contributed by atoms with van der Waals surface area (Å²) in [6.07, 6.45) is 7.80. The Kier molecular flexibility index (Phi) is 5.09. The minimum absolute atomic E-state index is 0.0171. The number of hydrogen-bond donors (Lipinski definition) is 2. The van der Waals surface area contributed by atoms with Gasteiger partial charge < -0.3 is 20.3 Å². The number of ether oxygens (including phenoxy) is 1. The van der Waals surface area contributed by atoms with E-state index in [4.69, 9.17) is 20.4 Å². The van der Waals surface area contributed by atoms with E-state index in [0.717, 1.165) is 68.1 Å². The molecule has 0 aliphatic carbocycles. The van der Waals surface area contributed by atoms with Crippen LogP contribution in [0, 0.1) is 0 Å². The van der Waals surface area contributed by atoms with E-state index in [0.29, 0.717) is 12.5 Å². The first kappa shape index (κ1) is 19.8. The van der Waals surface area contributed by atoms with Crippen LogP contribution in [0.1, 0.15) is 55.7 Å². The van der Waals surface area contributed by atoms with Crippen LogP contribution >= 0.6 is 0 Å². The number of rotatable bonds is 1. The van der Waals surface area contributed by atoms with Crippen molar-refractivity contribution in [2.24, 2.45) is 5.73 Å². The first-order chi connectivity index (χ1) is 15.8. The topological polar surface area (TPSA) is 96.2 Å². The highest BCUT2D eigenvalue weighted by Gasteiger charge is 2.33. The van der Waals surface area contributed by atoms with Gasteiger partial charge in [-0.05, 0) is 56.1 Å². The summed E-state index contributed by atoms with van der Waals surface area (Å²) in [6.45, 7) is 3.56. The average molecular weight is 434 g/mol. The van der Waals surface area contributed by atoms with Crippen LogP contribution in [-0.2, 0) is 6.42 Å². The summed E-state index contributed by atoms with van der Waals surface area (Å²) in [6, 6.07) is 8.78. The Hall–Kier alpha value is -2.87. The number of piperidine rings is 1. The molecule has 32 heavy (non-hydrogen) atoms. The third kappa shape index (κ3) is 3.46. The van der Waals surface area contributed by atoms with Gasteiger partial charge in [0.05, 0.1) is 6.04 Å². The molecule has 0 unspecified atom stereocenters. The zero-order valence-corrected chi connectivity index (χ0v) is 18.5. The number of nitrogens with zero attached hydrogens (tertiary/aromatic N) is 5. The Morgan fingerprint density at radius 3 is 2.72 bits per heavy atom. The van der Waals surface area contributed by atoms with Crippen LogP contribution in [0.4, 0.5) is 11.6 Å². The van der Waals surface area contributed by atoms with Crippen molar-refractivity contribution in [1.82, 2.24) is 20.2 Å². The molecule has 1 saturated heterocycles. The SMILES string of the molecule is N[C@H]1C[C@@H]2COc3nc4c(N5CCCCC5)n[nH]c4nc3N2CCCCc2ccccc21. The molecule has 5 heterocycles. The summed E-state index contributed by atoms with van der Waals surface area (Å²) >= 11 is 0. The predicted molar refractivity (Wildman–Crippen MR) is 125 cm³/mol. The molecule has 3 aliphatic heterocycles. The molecule has 1 aromatic carbocycles. The van der Waals surface area contributed by atoms with Crippen molar-refractivity contribution in [2.45, 2.75) is 57.0 Å². The van der Waals surface area contributed by atoms with Crippen LogP contribution in [0.3, 0.4) is 0 Å². The molecule has 2 atom stereocenters. The van der Waals surface area contributed by atoms with Crippen molar-refractivity contribution in [3.05, 3.63) is 35.4 Å². The molecule has 1 fully saturated rings. The zero-order chi connectivity index (χ0) is 21.5. The fraction of sp³-hybridized carbons (Fsp3) is 0.542. The largest absolute Gasteiger partial charge is 0.473 e. The molecule has 8 nitrogen and oxygen atoms in total. The lowest BCUT2D eigenvalue weighted by Crippen LogP contribution is -2.46. The number of aromatic amines is 1. The maximum atomic E-state index is 6.70. The maximum Gasteiger partial charge on any atom is 0.258 e. The van der Waals surface area contributed by atoms with Crippen molar-refractivity contribution in [2.75, 3.05) is 36.0 Å². The van der Waals surface area contributed by atoms with Crippen molar-refractivity contribution in [3.8, 4) is 5.88 Å². The van der Waals surface area contributed by atoms with E-state index >= 15 is 0 Å².